The Balaban J connectivity index is 2.00. The minimum Gasteiger partial charge on any atom is -0.496 e. The average Bonchev–Trinajstić information content (AvgIpc) is 2.60. The van der Waals surface area contributed by atoms with Gasteiger partial charge in [-0.25, -0.2) is 0 Å². The van der Waals surface area contributed by atoms with Crippen molar-refractivity contribution in [3.63, 3.8) is 0 Å². The predicted octanol–water partition coefficient (Wildman–Crippen LogP) is 2.62. The first kappa shape index (κ1) is 17.4. The first-order valence-corrected chi connectivity index (χ1v) is 7.62. The molecule has 2 atom stereocenters. The van der Waals surface area contributed by atoms with E-state index in [4.69, 9.17) is 9.47 Å². The summed E-state index contributed by atoms with van der Waals surface area (Å²) in [6.07, 6.45) is 2.81. The molecule has 0 spiro atoms. The van der Waals surface area contributed by atoms with Crippen molar-refractivity contribution < 1.29 is 14.6 Å². The van der Waals surface area contributed by atoms with Gasteiger partial charge >= 0.3 is 0 Å². The van der Waals surface area contributed by atoms with E-state index in [2.05, 4.69) is 23.3 Å². The van der Waals surface area contributed by atoms with E-state index in [1.165, 1.54) is 0 Å². The Labute approximate surface area is 137 Å². The van der Waals surface area contributed by atoms with Crippen LogP contribution in [0.4, 0.5) is 0 Å². The SMILES string of the molecule is COCc1cc(C(C)NCC(O)c2ccncc2)ccc1OC. The van der Waals surface area contributed by atoms with Crippen LogP contribution in [0, 0.1) is 0 Å². The third kappa shape index (κ3) is 4.76. The molecule has 0 saturated heterocycles. The molecule has 2 N–H and O–H groups in total. The molecule has 1 aromatic carbocycles. The van der Waals surface area contributed by atoms with Crippen molar-refractivity contribution in [2.24, 2.45) is 0 Å². The summed E-state index contributed by atoms with van der Waals surface area (Å²) < 4.78 is 10.6. The van der Waals surface area contributed by atoms with E-state index in [0.717, 1.165) is 22.4 Å². The van der Waals surface area contributed by atoms with Crippen LogP contribution in [-0.4, -0.2) is 30.9 Å². The number of methoxy groups -OCH3 is 2. The molecular weight excluding hydrogens is 292 g/mol. The van der Waals surface area contributed by atoms with Gasteiger partial charge in [0.05, 0.1) is 19.8 Å². The maximum Gasteiger partial charge on any atom is 0.124 e. The topological polar surface area (TPSA) is 63.6 Å². The van der Waals surface area contributed by atoms with Crippen molar-refractivity contribution in [2.75, 3.05) is 20.8 Å². The smallest absolute Gasteiger partial charge is 0.124 e. The second-order valence-corrected chi connectivity index (χ2v) is 5.43. The quantitative estimate of drug-likeness (QED) is 0.784. The molecule has 124 valence electrons. The summed E-state index contributed by atoms with van der Waals surface area (Å²) in [5, 5.41) is 13.6. The first-order chi connectivity index (χ1) is 11.2. The van der Waals surface area contributed by atoms with E-state index >= 15 is 0 Å². The van der Waals surface area contributed by atoms with E-state index in [0.29, 0.717) is 13.2 Å². The van der Waals surface area contributed by atoms with Crippen LogP contribution >= 0.6 is 0 Å². The van der Waals surface area contributed by atoms with Crippen molar-refractivity contribution in [3.05, 3.63) is 59.4 Å². The number of hydrogen-bond donors (Lipinski definition) is 2. The van der Waals surface area contributed by atoms with Gasteiger partial charge < -0.3 is 19.9 Å². The number of ether oxygens (including phenoxy) is 2. The molecule has 0 saturated carbocycles. The molecule has 5 nitrogen and oxygen atoms in total. The van der Waals surface area contributed by atoms with Crippen LogP contribution in [-0.2, 0) is 11.3 Å². The Bertz CT molecular complexity index is 604. The lowest BCUT2D eigenvalue weighted by Gasteiger charge is -2.19. The summed E-state index contributed by atoms with van der Waals surface area (Å²) in [4.78, 5) is 3.96. The fourth-order valence-corrected chi connectivity index (χ4v) is 2.45. The monoisotopic (exact) mass is 316 g/mol. The van der Waals surface area contributed by atoms with Crippen molar-refractivity contribution >= 4 is 0 Å². The van der Waals surface area contributed by atoms with Crippen LogP contribution in [0.25, 0.3) is 0 Å². The molecule has 0 bridgehead atoms. The highest BCUT2D eigenvalue weighted by Gasteiger charge is 2.12. The standard InChI is InChI=1S/C18H24N2O3/c1-13(20-11-17(21)14-6-8-19-9-7-14)15-4-5-18(23-3)16(10-15)12-22-2/h4-10,13,17,20-21H,11-12H2,1-3H3. The second kappa shape index (κ2) is 8.62. The number of benzene rings is 1. The first-order valence-electron chi connectivity index (χ1n) is 7.62. The van der Waals surface area contributed by atoms with Gasteiger partial charge in [0.25, 0.3) is 0 Å². The number of nitrogens with zero attached hydrogens (tertiary/aromatic N) is 1. The number of aliphatic hydroxyl groups is 1. The van der Waals surface area contributed by atoms with Gasteiger partial charge in [-0.05, 0) is 42.3 Å². The van der Waals surface area contributed by atoms with Gasteiger partial charge in [-0.1, -0.05) is 6.07 Å². The summed E-state index contributed by atoms with van der Waals surface area (Å²) >= 11 is 0. The maximum atomic E-state index is 10.2. The molecule has 23 heavy (non-hydrogen) atoms. The fraction of sp³-hybridized carbons (Fsp3) is 0.389. The third-order valence-corrected chi connectivity index (χ3v) is 3.81. The molecule has 0 fully saturated rings. The van der Waals surface area contributed by atoms with Gasteiger partial charge in [-0.2, -0.15) is 0 Å². The van der Waals surface area contributed by atoms with Crippen LogP contribution < -0.4 is 10.1 Å². The zero-order chi connectivity index (χ0) is 16.7. The van der Waals surface area contributed by atoms with E-state index in [1.807, 2.05) is 24.3 Å². The normalized spacial score (nSPS) is 13.6. The summed E-state index contributed by atoms with van der Waals surface area (Å²) in [7, 11) is 3.32. The predicted molar refractivity (Wildman–Crippen MR) is 89.3 cm³/mol. The minimum absolute atomic E-state index is 0.105. The number of pyridine rings is 1. The Hall–Kier alpha value is -1.95. The van der Waals surface area contributed by atoms with Crippen molar-refractivity contribution in [1.82, 2.24) is 10.3 Å². The van der Waals surface area contributed by atoms with Gasteiger partial charge in [0.1, 0.15) is 5.75 Å². The number of hydrogen-bond acceptors (Lipinski definition) is 5. The highest BCUT2D eigenvalue weighted by Crippen LogP contribution is 2.24. The molecule has 0 aliphatic carbocycles. The van der Waals surface area contributed by atoms with Crippen molar-refractivity contribution in [2.45, 2.75) is 25.7 Å². The molecule has 2 unspecified atom stereocenters. The van der Waals surface area contributed by atoms with Gasteiger partial charge in [-0.15, -0.1) is 0 Å². The number of nitrogens with one attached hydrogen (secondary N) is 1. The number of aromatic nitrogens is 1. The zero-order valence-electron chi connectivity index (χ0n) is 13.8. The highest BCUT2D eigenvalue weighted by atomic mass is 16.5. The summed E-state index contributed by atoms with van der Waals surface area (Å²) in [5.41, 5.74) is 2.99. The summed E-state index contributed by atoms with van der Waals surface area (Å²) in [6.45, 7) is 3.04. The number of rotatable bonds is 8. The fourth-order valence-electron chi connectivity index (χ4n) is 2.45. The molecule has 5 heteroatoms. The van der Waals surface area contributed by atoms with Gasteiger partial charge in [0.2, 0.25) is 0 Å². The van der Waals surface area contributed by atoms with Gasteiger partial charge in [0, 0.05) is 37.7 Å². The van der Waals surface area contributed by atoms with E-state index in [-0.39, 0.29) is 6.04 Å². The Morgan fingerprint density at radius 2 is 1.87 bits per heavy atom. The molecule has 0 aliphatic rings. The summed E-state index contributed by atoms with van der Waals surface area (Å²) in [6, 6.07) is 9.78. The summed E-state index contributed by atoms with van der Waals surface area (Å²) in [5.74, 6) is 0.819. The Kier molecular flexibility index (Phi) is 6.52. The second-order valence-electron chi connectivity index (χ2n) is 5.43. The largest absolute Gasteiger partial charge is 0.496 e. The number of aliphatic hydroxyl groups excluding tert-OH is 1. The van der Waals surface area contributed by atoms with E-state index < -0.39 is 6.10 Å². The van der Waals surface area contributed by atoms with Crippen molar-refractivity contribution in [3.8, 4) is 5.75 Å². The minimum atomic E-state index is -0.558. The molecule has 1 aromatic heterocycles. The van der Waals surface area contributed by atoms with Gasteiger partial charge in [0.15, 0.2) is 0 Å². The molecule has 0 aliphatic heterocycles. The van der Waals surface area contributed by atoms with Crippen LogP contribution in [0.15, 0.2) is 42.7 Å². The molecule has 2 aromatic rings. The maximum absolute atomic E-state index is 10.2. The highest BCUT2D eigenvalue weighted by molar-refractivity contribution is 5.38. The van der Waals surface area contributed by atoms with Crippen LogP contribution in [0.3, 0.4) is 0 Å². The lowest BCUT2D eigenvalue weighted by molar-refractivity contribution is 0.170. The molecule has 0 amide bonds. The van der Waals surface area contributed by atoms with Crippen LogP contribution in [0.2, 0.25) is 0 Å². The molecule has 2 rings (SSSR count). The molecule has 0 radical (unpaired) electrons. The van der Waals surface area contributed by atoms with E-state index in [1.54, 1.807) is 26.6 Å². The van der Waals surface area contributed by atoms with Crippen LogP contribution in [0.1, 0.15) is 35.8 Å². The van der Waals surface area contributed by atoms with Crippen LogP contribution in [0.5, 0.6) is 5.75 Å². The Morgan fingerprint density at radius 3 is 2.52 bits per heavy atom. The van der Waals surface area contributed by atoms with E-state index in [9.17, 15) is 5.11 Å². The Morgan fingerprint density at radius 1 is 1.13 bits per heavy atom. The third-order valence-electron chi connectivity index (χ3n) is 3.81. The van der Waals surface area contributed by atoms with Gasteiger partial charge in [-0.3, -0.25) is 4.98 Å². The lowest BCUT2D eigenvalue weighted by atomic mass is 10.0. The lowest BCUT2D eigenvalue weighted by Crippen LogP contribution is -2.24. The van der Waals surface area contributed by atoms with Crippen molar-refractivity contribution in [1.29, 1.82) is 0 Å². The zero-order valence-corrected chi connectivity index (χ0v) is 13.8. The molecule has 1 heterocycles. The molecular formula is C18H24N2O3. The average molecular weight is 316 g/mol.